The predicted molar refractivity (Wildman–Crippen MR) is 153 cm³/mol. The van der Waals surface area contributed by atoms with Gasteiger partial charge >= 0.3 is 5.97 Å². The number of aliphatic carboxylic acids is 1. The van der Waals surface area contributed by atoms with Gasteiger partial charge in [-0.15, -0.1) is 0 Å². The van der Waals surface area contributed by atoms with Crippen LogP contribution in [0, 0.1) is 0 Å². The summed E-state index contributed by atoms with van der Waals surface area (Å²) >= 11 is 0. The highest BCUT2D eigenvalue weighted by Crippen LogP contribution is 2.08. The number of hydrogen-bond donors (Lipinski definition) is 8. The lowest BCUT2D eigenvalue weighted by molar-refractivity contribution is -0.145. The number of guanidine groups is 1. The quantitative estimate of drug-likeness (QED) is 0.0685. The van der Waals surface area contributed by atoms with Crippen molar-refractivity contribution in [1.29, 1.82) is 0 Å². The van der Waals surface area contributed by atoms with E-state index in [1.807, 2.05) is 36.4 Å². The first-order valence-electron chi connectivity index (χ1n) is 13.2. The van der Waals surface area contributed by atoms with Crippen LogP contribution >= 0.6 is 0 Å². The Labute approximate surface area is 238 Å². The molecule has 13 nitrogen and oxygen atoms in total. The second-order valence-electron chi connectivity index (χ2n) is 9.62. The molecule has 0 saturated heterocycles. The summed E-state index contributed by atoms with van der Waals surface area (Å²) in [4.78, 5) is 54.9. The Kier molecular flexibility index (Phi) is 13.2. The first kappa shape index (κ1) is 32.7. The molecule has 5 atom stereocenters. The Balaban J connectivity index is 2.23. The maximum Gasteiger partial charge on any atom is 0.328 e. The summed E-state index contributed by atoms with van der Waals surface area (Å²) in [6.45, 7) is 1.37. The molecule has 3 amide bonds. The van der Waals surface area contributed by atoms with Crippen molar-refractivity contribution >= 4 is 29.7 Å². The van der Waals surface area contributed by atoms with Crippen molar-refractivity contribution in [2.45, 2.75) is 62.9 Å². The highest BCUT2D eigenvalue weighted by atomic mass is 16.4. The van der Waals surface area contributed by atoms with E-state index >= 15 is 0 Å². The summed E-state index contributed by atoms with van der Waals surface area (Å²) in [7, 11) is 0. The number of aliphatic imine (C=N–C) groups is 1. The summed E-state index contributed by atoms with van der Waals surface area (Å²) in [5, 5.41) is 26.7. The number of rotatable bonds is 16. The number of carboxylic acid groups (broad SMARTS) is 1. The third-order valence-electron chi connectivity index (χ3n) is 6.18. The van der Waals surface area contributed by atoms with Gasteiger partial charge in [0.2, 0.25) is 17.7 Å². The number of aliphatic hydroxyl groups is 1. The molecular formula is C28H39N7O6. The molecule has 0 aromatic heterocycles. The smallest absolute Gasteiger partial charge is 0.328 e. The molecule has 0 saturated carbocycles. The lowest BCUT2D eigenvalue weighted by Gasteiger charge is -2.26. The number of carbonyl (C=O) groups is 4. The minimum atomic E-state index is -1.60. The number of nitrogens with zero attached hydrogens (tertiary/aromatic N) is 1. The van der Waals surface area contributed by atoms with Crippen LogP contribution in [-0.4, -0.2) is 76.7 Å². The molecule has 0 aliphatic rings. The SMILES string of the molecule is CC(O)C(NC(=O)C(CCCN=C(N)N)NC(=O)C(Cc1ccccc1)NC(=O)C(N)Cc1ccccc1)C(=O)O. The van der Waals surface area contributed by atoms with Gasteiger partial charge in [-0.2, -0.15) is 0 Å². The van der Waals surface area contributed by atoms with Crippen LogP contribution in [0.2, 0.25) is 0 Å². The molecule has 11 N–H and O–H groups in total. The van der Waals surface area contributed by atoms with Crippen molar-refractivity contribution in [2.24, 2.45) is 22.2 Å². The number of nitrogens with two attached hydrogens (primary N) is 3. The van der Waals surface area contributed by atoms with E-state index in [0.29, 0.717) is 0 Å². The average molecular weight is 570 g/mol. The number of carboxylic acids is 1. The number of benzene rings is 2. The maximum absolute atomic E-state index is 13.5. The van der Waals surface area contributed by atoms with Crippen LogP contribution in [0.1, 0.15) is 30.9 Å². The van der Waals surface area contributed by atoms with Gasteiger partial charge in [0.15, 0.2) is 12.0 Å². The molecule has 2 aromatic carbocycles. The van der Waals surface area contributed by atoms with Crippen molar-refractivity contribution in [3.8, 4) is 0 Å². The lowest BCUT2D eigenvalue weighted by Crippen LogP contribution is -2.58. The van der Waals surface area contributed by atoms with Gasteiger partial charge in [-0.25, -0.2) is 4.79 Å². The average Bonchev–Trinajstić information content (AvgIpc) is 2.93. The fourth-order valence-corrected chi connectivity index (χ4v) is 3.99. The summed E-state index contributed by atoms with van der Waals surface area (Å²) in [5.74, 6) is -3.66. The number of aliphatic hydroxyl groups excluding tert-OH is 1. The number of hydrogen-bond acceptors (Lipinski definition) is 7. The van der Waals surface area contributed by atoms with Gasteiger partial charge in [-0.1, -0.05) is 60.7 Å². The summed E-state index contributed by atoms with van der Waals surface area (Å²) in [5.41, 5.74) is 18.4. The van der Waals surface area contributed by atoms with E-state index in [9.17, 15) is 29.4 Å². The molecular weight excluding hydrogens is 530 g/mol. The Bertz CT molecular complexity index is 1170. The second kappa shape index (κ2) is 16.6. The van der Waals surface area contributed by atoms with Crippen molar-refractivity contribution in [3.63, 3.8) is 0 Å². The molecule has 0 fully saturated rings. The summed E-state index contributed by atoms with van der Waals surface area (Å²) in [6, 6.07) is 13.3. The van der Waals surface area contributed by atoms with Crippen LogP contribution in [-0.2, 0) is 32.0 Å². The Morgan fingerprint density at radius 2 is 1.32 bits per heavy atom. The highest BCUT2D eigenvalue weighted by molar-refractivity contribution is 5.94. The van der Waals surface area contributed by atoms with E-state index < -0.39 is 54.0 Å². The van der Waals surface area contributed by atoms with Crippen molar-refractivity contribution < 1.29 is 29.4 Å². The van der Waals surface area contributed by atoms with Gasteiger partial charge in [0.05, 0.1) is 12.1 Å². The standard InChI is InChI=1S/C28H39N7O6/c1-17(36)23(27(40)41)35-25(38)21(13-8-14-32-28(30)31)33-26(39)22(16-19-11-6-3-7-12-19)34-24(37)20(29)15-18-9-4-2-5-10-18/h2-7,9-12,17,20-23,36H,8,13-16,29H2,1H3,(H,33,39)(H,34,37)(H,35,38)(H,40,41)(H4,30,31,32). The molecule has 0 bridgehead atoms. The maximum atomic E-state index is 13.5. The normalized spacial score (nSPS) is 14.4. The first-order chi connectivity index (χ1) is 19.5. The fraction of sp³-hybridized carbons (Fsp3) is 0.393. The molecule has 0 heterocycles. The second-order valence-corrected chi connectivity index (χ2v) is 9.62. The van der Waals surface area contributed by atoms with E-state index in [0.717, 1.165) is 11.1 Å². The lowest BCUT2D eigenvalue weighted by atomic mass is 10.0. The fourth-order valence-electron chi connectivity index (χ4n) is 3.99. The zero-order valence-electron chi connectivity index (χ0n) is 22.9. The molecule has 0 radical (unpaired) electrons. The topological polar surface area (TPSA) is 235 Å². The van der Waals surface area contributed by atoms with E-state index in [1.165, 1.54) is 6.92 Å². The highest BCUT2D eigenvalue weighted by Gasteiger charge is 2.32. The molecule has 222 valence electrons. The van der Waals surface area contributed by atoms with Crippen LogP contribution in [0.4, 0.5) is 0 Å². The molecule has 0 spiro atoms. The molecule has 0 aliphatic carbocycles. The molecule has 13 heteroatoms. The first-order valence-corrected chi connectivity index (χ1v) is 13.2. The number of carbonyl (C=O) groups excluding carboxylic acids is 3. The zero-order chi connectivity index (χ0) is 30.4. The van der Waals surface area contributed by atoms with Gasteiger partial charge in [0.1, 0.15) is 12.1 Å². The predicted octanol–water partition coefficient (Wildman–Crippen LogP) is -1.23. The Morgan fingerprint density at radius 3 is 1.83 bits per heavy atom. The van der Waals surface area contributed by atoms with Crippen LogP contribution in [0.15, 0.2) is 65.7 Å². The van der Waals surface area contributed by atoms with Gasteiger partial charge in [0, 0.05) is 13.0 Å². The molecule has 5 unspecified atom stereocenters. The zero-order valence-corrected chi connectivity index (χ0v) is 22.9. The van der Waals surface area contributed by atoms with E-state index in [2.05, 4.69) is 20.9 Å². The molecule has 0 aliphatic heterocycles. The monoisotopic (exact) mass is 569 g/mol. The number of nitrogens with one attached hydrogen (secondary N) is 3. The minimum absolute atomic E-state index is 0.0417. The largest absolute Gasteiger partial charge is 0.480 e. The van der Waals surface area contributed by atoms with Crippen molar-refractivity contribution in [3.05, 3.63) is 71.8 Å². The Morgan fingerprint density at radius 1 is 0.805 bits per heavy atom. The van der Waals surface area contributed by atoms with E-state index in [4.69, 9.17) is 17.2 Å². The third kappa shape index (κ3) is 11.6. The van der Waals surface area contributed by atoms with Crippen LogP contribution < -0.4 is 33.2 Å². The van der Waals surface area contributed by atoms with Crippen LogP contribution in [0.25, 0.3) is 0 Å². The molecule has 2 rings (SSSR count). The van der Waals surface area contributed by atoms with Crippen LogP contribution in [0.3, 0.4) is 0 Å². The van der Waals surface area contributed by atoms with Gasteiger partial charge in [-0.05, 0) is 37.3 Å². The van der Waals surface area contributed by atoms with Crippen molar-refractivity contribution in [1.82, 2.24) is 16.0 Å². The van der Waals surface area contributed by atoms with Gasteiger partial charge < -0.3 is 43.4 Å². The minimum Gasteiger partial charge on any atom is -0.480 e. The summed E-state index contributed by atoms with van der Waals surface area (Å²) < 4.78 is 0. The van der Waals surface area contributed by atoms with E-state index in [-0.39, 0.29) is 38.2 Å². The number of amides is 3. The van der Waals surface area contributed by atoms with Gasteiger partial charge in [-0.3, -0.25) is 19.4 Å². The Hall–Kier alpha value is -4.49. The van der Waals surface area contributed by atoms with Crippen LogP contribution in [0.5, 0.6) is 0 Å². The molecule has 2 aromatic rings. The summed E-state index contributed by atoms with van der Waals surface area (Å²) in [6.07, 6.45) is -0.742. The van der Waals surface area contributed by atoms with Crippen molar-refractivity contribution in [2.75, 3.05) is 6.54 Å². The molecule has 41 heavy (non-hydrogen) atoms. The van der Waals surface area contributed by atoms with Gasteiger partial charge in [0.25, 0.3) is 0 Å². The third-order valence-corrected chi connectivity index (χ3v) is 6.18. The van der Waals surface area contributed by atoms with E-state index in [1.54, 1.807) is 24.3 Å².